The average molecular weight is 695 g/mol. The van der Waals surface area contributed by atoms with Crippen molar-refractivity contribution in [2.24, 2.45) is 5.41 Å². The van der Waals surface area contributed by atoms with Crippen LogP contribution in [-0.2, 0) is 33.7 Å². The molecule has 1 aromatic heterocycles. The third kappa shape index (κ3) is 7.70. The van der Waals surface area contributed by atoms with E-state index in [2.05, 4.69) is 13.8 Å². The molecule has 0 spiro atoms. The average Bonchev–Trinajstić information content (AvgIpc) is 3.50. The van der Waals surface area contributed by atoms with E-state index >= 15 is 0 Å². The number of ketones is 1. The molecule has 0 saturated carbocycles. The van der Waals surface area contributed by atoms with E-state index in [1.807, 2.05) is 48.5 Å². The highest BCUT2D eigenvalue weighted by Crippen LogP contribution is 2.47. The number of rotatable bonds is 11. The summed E-state index contributed by atoms with van der Waals surface area (Å²) < 4.78 is 13.3. The summed E-state index contributed by atoms with van der Waals surface area (Å²) in [5.41, 5.74) is 2.40. The minimum atomic E-state index is -1.93. The fourth-order valence-electron chi connectivity index (χ4n) is 7.38. The van der Waals surface area contributed by atoms with Gasteiger partial charge in [0.1, 0.15) is 18.5 Å². The summed E-state index contributed by atoms with van der Waals surface area (Å²) in [7, 11) is 1.40. The summed E-state index contributed by atoms with van der Waals surface area (Å²) in [6.07, 6.45) is 3.30. The van der Waals surface area contributed by atoms with Crippen molar-refractivity contribution in [3.63, 3.8) is 0 Å². The van der Waals surface area contributed by atoms with Gasteiger partial charge in [-0.25, -0.2) is 9.48 Å². The lowest BCUT2D eigenvalue weighted by Crippen LogP contribution is -2.31. The van der Waals surface area contributed by atoms with E-state index in [-0.39, 0.29) is 34.9 Å². The van der Waals surface area contributed by atoms with E-state index < -0.39 is 40.6 Å². The Balaban J connectivity index is 1.39. The van der Waals surface area contributed by atoms with Crippen molar-refractivity contribution in [3.05, 3.63) is 123 Å². The molecule has 3 aromatic carbocycles. The van der Waals surface area contributed by atoms with E-state index in [9.17, 15) is 29.6 Å². The molecule has 6 rings (SSSR count). The van der Waals surface area contributed by atoms with Gasteiger partial charge in [0.25, 0.3) is 5.69 Å². The maximum absolute atomic E-state index is 14.6. The van der Waals surface area contributed by atoms with Gasteiger partial charge in [0.2, 0.25) is 5.78 Å². The molecule has 1 aliphatic heterocycles. The first-order valence-electron chi connectivity index (χ1n) is 17.2. The second kappa shape index (κ2) is 14.9. The van der Waals surface area contributed by atoms with Crippen molar-refractivity contribution in [3.8, 4) is 0 Å². The van der Waals surface area contributed by atoms with E-state index in [0.717, 1.165) is 47.0 Å². The molecule has 12 nitrogen and oxygen atoms in total. The Hall–Kier alpha value is -5.36. The van der Waals surface area contributed by atoms with E-state index in [1.54, 1.807) is 16.8 Å². The van der Waals surface area contributed by atoms with E-state index in [0.29, 0.717) is 31.4 Å². The number of ether oxygens (including phenoxy) is 2. The molecule has 3 unspecified atom stereocenters. The van der Waals surface area contributed by atoms with Gasteiger partial charge in [-0.15, -0.1) is 0 Å². The zero-order valence-corrected chi connectivity index (χ0v) is 29.0. The van der Waals surface area contributed by atoms with Gasteiger partial charge in [-0.3, -0.25) is 24.6 Å². The number of carboxylic acid groups (broad SMARTS) is 1. The van der Waals surface area contributed by atoms with Crippen LogP contribution in [0.25, 0.3) is 0 Å². The van der Waals surface area contributed by atoms with Crippen LogP contribution in [0.5, 0.6) is 0 Å². The molecule has 1 saturated heterocycles. The lowest BCUT2D eigenvalue weighted by Gasteiger charge is -2.37. The number of nitro groups is 1. The molecular formula is C39H42N4O8. The maximum Gasteiger partial charge on any atom is 0.414 e. The minimum Gasteiger partial charge on any atom is -0.480 e. The molecule has 4 aromatic rings. The van der Waals surface area contributed by atoms with Crippen molar-refractivity contribution in [2.45, 2.75) is 77.0 Å². The van der Waals surface area contributed by atoms with Crippen LogP contribution >= 0.6 is 0 Å². The van der Waals surface area contributed by atoms with Gasteiger partial charge in [-0.05, 0) is 73.1 Å². The zero-order chi connectivity index (χ0) is 36.3. The van der Waals surface area contributed by atoms with Crippen LogP contribution in [0.15, 0.2) is 78.9 Å². The Kier molecular flexibility index (Phi) is 10.3. The Morgan fingerprint density at radius 1 is 1.06 bits per heavy atom. The minimum absolute atomic E-state index is 0.00277. The molecule has 1 amide bonds. The number of amides is 1. The summed E-state index contributed by atoms with van der Waals surface area (Å²) in [4.78, 5) is 53.3. The van der Waals surface area contributed by atoms with Crippen LogP contribution < -0.4 is 4.90 Å². The van der Waals surface area contributed by atoms with Gasteiger partial charge in [0, 0.05) is 31.0 Å². The lowest BCUT2D eigenvalue weighted by atomic mass is 9.68. The first kappa shape index (κ1) is 35.5. The molecule has 1 fully saturated rings. The molecule has 266 valence electrons. The van der Waals surface area contributed by atoms with Crippen LogP contribution in [-0.4, -0.2) is 51.3 Å². The van der Waals surface area contributed by atoms with E-state index in [1.165, 1.54) is 19.2 Å². The molecular weight excluding hydrogens is 652 g/mol. The molecule has 1 N–H and O–H groups in total. The Morgan fingerprint density at radius 2 is 1.75 bits per heavy atom. The molecule has 0 bridgehead atoms. The van der Waals surface area contributed by atoms with Gasteiger partial charge in [-0.1, -0.05) is 74.5 Å². The van der Waals surface area contributed by atoms with Crippen molar-refractivity contribution < 1.29 is 33.9 Å². The summed E-state index contributed by atoms with van der Waals surface area (Å²) in [6.45, 7) is 4.89. The number of carboxylic acids is 1. The first-order chi connectivity index (χ1) is 24.4. The van der Waals surface area contributed by atoms with Crippen LogP contribution in [0.2, 0.25) is 0 Å². The smallest absolute Gasteiger partial charge is 0.414 e. The summed E-state index contributed by atoms with van der Waals surface area (Å²) in [5, 5.41) is 27.9. The number of carbonyl (C=O) groups excluding carboxylic acids is 2. The van der Waals surface area contributed by atoms with Crippen molar-refractivity contribution >= 4 is 29.2 Å². The van der Waals surface area contributed by atoms with Gasteiger partial charge >= 0.3 is 12.1 Å². The number of nitro benzene ring substituents is 1. The number of Topliss-reactive ketones (excluding diaryl/α,β-unsaturated/α-hetero) is 1. The second-order valence-electron chi connectivity index (χ2n) is 14.1. The van der Waals surface area contributed by atoms with Crippen LogP contribution in [0, 0.1) is 15.5 Å². The molecule has 0 radical (unpaired) electrons. The zero-order valence-electron chi connectivity index (χ0n) is 29.0. The summed E-state index contributed by atoms with van der Waals surface area (Å²) in [6, 6.07) is 22.6. The fourth-order valence-corrected chi connectivity index (χ4v) is 7.38. The fraction of sp³-hybridized carbons (Fsp3) is 0.385. The largest absolute Gasteiger partial charge is 0.480 e. The summed E-state index contributed by atoms with van der Waals surface area (Å²) in [5.74, 6) is -4.47. The number of anilines is 1. The van der Waals surface area contributed by atoms with Crippen molar-refractivity contribution in [2.75, 3.05) is 18.6 Å². The molecule has 2 heterocycles. The number of aliphatic carboxylic acids is 1. The summed E-state index contributed by atoms with van der Waals surface area (Å²) >= 11 is 0. The number of hydrogen-bond acceptors (Lipinski definition) is 8. The molecule has 3 atom stereocenters. The normalized spacial score (nSPS) is 18.6. The van der Waals surface area contributed by atoms with Crippen LogP contribution in [0.4, 0.5) is 16.2 Å². The van der Waals surface area contributed by atoms with Gasteiger partial charge < -0.3 is 14.6 Å². The Bertz CT molecular complexity index is 1920. The highest BCUT2D eigenvalue weighted by Gasteiger charge is 2.44. The van der Waals surface area contributed by atoms with E-state index in [4.69, 9.17) is 14.6 Å². The quantitative estimate of drug-likeness (QED) is 0.0723. The predicted molar refractivity (Wildman–Crippen MR) is 189 cm³/mol. The lowest BCUT2D eigenvalue weighted by molar-refractivity contribution is -0.385. The number of hydrogen-bond donors (Lipinski definition) is 1. The third-order valence-electron chi connectivity index (χ3n) is 9.79. The molecule has 1 aliphatic carbocycles. The van der Waals surface area contributed by atoms with Crippen LogP contribution in [0.1, 0.15) is 96.0 Å². The van der Waals surface area contributed by atoms with Crippen molar-refractivity contribution in [1.82, 2.24) is 9.78 Å². The first-order valence-corrected chi connectivity index (χ1v) is 17.2. The number of nitrogens with zero attached hydrogens (tertiary/aromatic N) is 4. The molecule has 2 aliphatic rings. The Morgan fingerprint density at radius 3 is 2.37 bits per heavy atom. The molecule has 12 heteroatoms. The number of benzene rings is 3. The number of aromatic nitrogens is 2. The van der Waals surface area contributed by atoms with Crippen molar-refractivity contribution in [1.29, 1.82) is 0 Å². The SMILES string of the molecule is CN(C(=O)OCc1ccccc1)c1ccc(C(C(=O)O)C(=O)c2nn(C3CCCCO3)c3c2C(Cc2ccccc2)CC(C)(C)C3)c([N+](=O)[O-])c1. The highest BCUT2D eigenvalue weighted by atomic mass is 16.6. The standard InChI is InChI=1S/C39H42N4O8/c1-39(2)22-27(20-25-12-6-4-7-13-25)33-31(23-39)42(32-16-10-11-19-50-32)40-35(33)36(44)34(37(45)46)29-18-17-28(21-30(29)43(48)49)41(3)38(47)51-24-26-14-8-5-9-15-26/h4-9,12-15,17-18,21,27,32,34H,10-11,16,19-20,22-24H2,1-3H3,(H,45,46). The van der Waals surface area contributed by atoms with Crippen LogP contribution in [0.3, 0.4) is 0 Å². The highest BCUT2D eigenvalue weighted by molar-refractivity contribution is 6.13. The maximum atomic E-state index is 14.6. The van der Waals surface area contributed by atoms with Gasteiger partial charge in [0.15, 0.2) is 5.92 Å². The number of carbonyl (C=O) groups is 3. The molecule has 51 heavy (non-hydrogen) atoms. The second-order valence-corrected chi connectivity index (χ2v) is 14.1. The number of fused-ring (bicyclic) bond motifs is 1. The Labute approximate surface area is 296 Å². The topological polar surface area (TPSA) is 154 Å². The van der Waals surface area contributed by atoms with Gasteiger partial charge in [0.05, 0.1) is 16.2 Å². The monoisotopic (exact) mass is 694 g/mol. The third-order valence-corrected chi connectivity index (χ3v) is 9.79. The predicted octanol–water partition coefficient (Wildman–Crippen LogP) is 7.61. The van der Waals surface area contributed by atoms with Gasteiger partial charge in [-0.2, -0.15) is 5.10 Å².